The number of rotatable bonds is 9. The number of esters is 1. The predicted molar refractivity (Wildman–Crippen MR) is 119 cm³/mol. The molecule has 1 aliphatic rings. The first-order valence-electron chi connectivity index (χ1n) is 10.4. The van der Waals surface area contributed by atoms with Gasteiger partial charge in [-0.3, -0.25) is 9.59 Å². The van der Waals surface area contributed by atoms with Crippen LogP contribution in [0.1, 0.15) is 49.6 Å². The van der Waals surface area contributed by atoms with Crippen LogP contribution in [0, 0.1) is 0 Å². The molecule has 1 aliphatic heterocycles. The molecular formula is C22H28N2O5S2. The van der Waals surface area contributed by atoms with Gasteiger partial charge in [-0.15, -0.1) is 11.3 Å². The fraction of sp³-hybridized carbons (Fsp3) is 0.455. The average Bonchev–Trinajstić information content (AvgIpc) is 3.40. The summed E-state index contributed by atoms with van der Waals surface area (Å²) in [4.78, 5) is 25.5. The van der Waals surface area contributed by atoms with E-state index in [4.69, 9.17) is 4.74 Å². The normalized spacial score (nSPS) is 15.7. The minimum atomic E-state index is -3.49. The van der Waals surface area contributed by atoms with Crippen LogP contribution in [0.25, 0.3) is 0 Å². The van der Waals surface area contributed by atoms with Crippen LogP contribution in [0.2, 0.25) is 0 Å². The Balaban J connectivity index is 1.67. The first-order valence-corrected chi connectivity index (χ1v) is 12.6. The second kappa shape index (κ2) is 10.4. The van der Waals surface area contributed by atoms with E-state index in [-0.39, 0.29) is 35.0 Å². The van der Waals surface area contributed by atoms with E-state index in [9.17, 15) is 18.0 Å². The highest BCUT2D eigenvalue weighted by Gasteiger charge is 2.29. The number of nitrogens with zero attached hydrogens (tertiary/aromatic N) is 1. The first kappa shape index (κ1) is 23.4. The van der Waals surface area contributed by atoms with E-state index >= 15 is 0 Å². The summed E-state index contributed by atoms with van der Waals surface area (Å²) in [5.41, 5.74) is 0.806. The maximum atomic E-state index is 12.7. The molecular weight excluding hydrogens is 436 g/mol. The highest BCUT2D eigenvalue weighted by molar-refractivity contribution is 7.91. The Labute approximate surface area is 187 Å². The molecule has 1 amide bonds. The lowest BCUT2D eigenvalue weighted by Gasteiger charge is -2.19. The first-order chi connectivity index (χ1) is 14.8. The fourth-order valence-corrected chi connectivity index (χ4v) is 6.49. The van der Waals surface area contributed by atoms with Crippen molar-refractivity contribution in [1.82, 2.24) is 9.62 Å². The van der Waals surface area contributed by atoms with Crippen LogP contribution in [-0.2, 0) is 30.8 Å². The Kier molecular flexibility index (Phi) is 7.85. The summed E-state index contributed by atoms with van der Waals surface area (Å²) in [5.74, 6) is -0.669. The van der Waals surface area contributed by atoms with Crippen LogP contribution >= 0.6 is 11.3 Å². The van der Waals surface area contributed by atoms with E-state index in [1.165, 1.54) is 4.31 Å². The van der Waals surface area contributed by atoms with Gasteiger partial charge in [0.25, 0.3) is 10.0 Å². The van der Waals surface area contributed by atoms with Gasteiger partial charge in [0.15, 0.2) is 0 Å². The summed E-state index contributed by atoms with van der Waals surface area (Å²) >= 11 is 1.12. The molecule has 1 aromatic heterocycles. The molecule has 0 bridgehead atoms. The summed E-state index contributed by atoms with van der Waals surface area (Å²) in [6.45, 7) is 4.64. The minimum Gasteiger partial charge on any atom is -0.463 e. The Morgan fingerprint density at radius 3 is 2.42 bits per heavy atom. The van der Waals surface area contributed by atoms with Gasteiger partial charge in [-0.25, -0.2) is 8.42 Å². The molecule has 168 valence electrons. The van der Waals surface area contributed by atoms with Crippen molar-refractivity contribution in [2.75, 3.05) is 13.1 Å². The smallest absolute Gasteiger partial charge is 0.308 e. The van der Waals surface area contributed by atoms with Crippen molar-refractivity contribution in [2.24, 2.45) is 0 Å². The van der Waals surface area contributed by atoms with Gasteiger partial charge in [0, 0.05) is 18.0 Å². The van der Waals surface area contributed by atoms with Crippen molar-refractivity contribution < 1.29 is 22.7 Å². The number of nitrogens with one attached hydrogen (secondary N) is 1. The van der Waals surface area contributed by atoms with E-state index in [2.05, 4.69) is 5.32 Å². The van der Waals surface area contributed by atoms with E-state index in [0.717, 1.165) is 29.7 Å². The second-order valence-corrected chi connectivity index (χ2v) is 11.1. The van der Waals surface area contributed by atoms with Crippen molar-refractivity contribution >= 4 is 33.2 Å². The van der Waals surface area contributed by atoms with Gasteiger partial charge in [0.1, 0.15) is 4.21 Å². The predicted octanol–water partition coefficient (Wildman–Crippen LogP) is 3.27. The molecule has 0 spiro atoms. The van der Waals surface area contributed by atoms with Gasteiger partial charge in [0.2, 0.25) is 5.91 Å². The zero-order chi connectivity index (χ0) is 22.4. The van der Waals surface area contributed by atoms with Gasteiger partial charge in [-0.05, 0) is 44.4 Å². The van der Waals surface area contributed by atoms with Gasteiger partial charge in [0.05, 0.1) is 25.0 Å². The summed E-state index contributed by atoms with van der Waals surface area (Å²) in [6.07, 6.45) is 1.58. The zero-order valence-corrected chi connectivity index (χ0v) is 19.4. The van der Waals surface area contributed by atoms with Crippen molar-refractivity contribution in [2.45, 2.75) is 55.9 Å². The molecule has 3 rings (SSSR count). The molecule has 1 atom stereocenters. The Hall–Kier alpha value is -2.23. The molecule has 1 N–H and O–H groups in total. The van der Waals surface area contributed by atoms with Crippen LogP contribution in [0.5, 0.6) is 0 Å². The van der Waals surface area contributed by atoms with Crippen molar-refractivity contribution in [3.8, 4) is 0 Å². The molecule has 1 fully saturated rings. The molecule has 31 heavy (non-hydrogen) atoms. The van der Waals surface area contributed by atoms with Crippen molar-refractivity contribution in [3.63, 3.8) is 0 Å². The molecule has 7 nitrogen and oxygen atoms in total. The largest absolute Gasteiger partial charge is 0.463 e. The fourth-order valence-electron chi connectivity index (χ4n) is 3.47. The van der Waals surface area contributed by atoms with E-state index in [1.807, 2.05) is 30.3 Å². The molecule has 0 radical (unpaired) electrons. The monoisotopic (exact) mass is 464 g/mol. The van der Waals surface area contributed by atoms with E-state index in [0.29, 0.717) is 18.0 Å². The Bertz CT molecular complexity index is 996. The Morgan fingerprint density at radius 2 is 1.77 bits per heavy atom. The maximum absolute atomic E-state index is 12.7. The topological polar surface area (TPSA) is 92.8 Å². The highest BCUT2D eigenvalue weighted by Crippen LogP contribution is 2.28. The van der Waals surface area contributed by atoms with Crippen LogP contribution in [0.4, 0.5) is 0 Å². The molecule has 0 aliphatic carbocycles. The maximum Gasteiger partial charge on any atom is 0.308 e. The third-order valence-electron chi connectivity index (χ3n) is 4.91. The van der Waals surface area contributed by atoms with Crippen molar-refractivity contribution in [1.29, 1.82) is 0 Å². The van der Waals surface area contributed by atoms with Gasteiger partial charge in [-0.1, -0.05) is 30.3 Å². The second-order valence-electron chi connectivity index (χ2n) is 7.78. The number of benzene rings is 1. The number of sulfonamides is 1. The van der Waals surface area contributed by atoms with E-state index < -0.39 is 16.1 Å². The lowest BCUT2D eigenvalue weighted by atomic mass is 10.0. The van der Waals surface area contributed by atoms with Crippen molar-refractivity contribution in [3.05, 3.63) is 52.9 Å². The molecule has 2 aromatic rings. The van der Waals surface area contributed by atoms with Crippen LogP contribution in [0.15, 0.2) is 46.7 Å². The molecule has 1 saturated heterocycles. The molecule has 0 saturated carbocycles. The van der Waals surface area contributed by atoms with Crippen LogP contribution in [0.3, 0.4) is 0 Å². The van der Waals surface area contributed by atoms with Crippen LogP contribution in [-0.4, -0.2) is 43.8 Å². The lowest BCUT2D eigenvalue weighted by molar-refractivity contribution is -0.148. The molecule has 1 aromatic carbocycles. The number of thiophene rings is 1. The summed E-state index contributed by atoms with van der Waals surface area (Å²) in [5, 5.41) is 2.90. The van der Waals surface area contributed by atoms with Gasteiger partial charge < -0.3 is 10.1 Å². The summed E-state index contributed by atoms with van der Waals surface area (Å²) < 4.78 is 32.4. The number of carbonyl (C=O) groups is 2. The third kappa shape index (κ3) is 6.38. The SMILES string of the molecule is CC(C)OC(=O)CC(NC(=O)Cc1ccc(S(=O)(=O)N2CCCC2)s1)c1ccccc1. The lowest BCUT2D eigenvalue weighted by Crippen LogP contribution is -2.32. The summed E-state index contributed by atoms with van der Waals surface area (Å²) in [6, 6.07) is 12.0. The Morgan fingerprint density at radius 1 is 1.10 bits per heavy atom. The summed E-state index contributed by atoms with van der Waals surface area (Å²) in [7, 11) is -3.49. The number of hydrogen-bond donors (Lipinski definition) is 1. The quantitative estimate of drug-likeness (QED) is 0.575. The average molecular weight is 465 g/mol. The van der Waals surface area contributed by atoms with Gasteiger partial charge in [-0.2, -0.15) is 4.31 Å². The standard InChI is InChI=1S/C22H28N2O5S2/c1-16(2)29-21(26)15-19(17-8-4-3-5-9-17)23-20(25)14-18-10-11-22(30-18)31(27,28)24-12-6-7-13-24/h3-5,8-11,16,19H,6-7,12-15H2,1-2H3,(H,23,25). The zero-order valence-electron chi connectivity index (χ0n) is 17.7. The van der Waals surface area contributed by atoms with E-state index in [1.54, 1.807) is 26.0 Å². The molecule has 9 heteroatoms. The number of carbonyl (C=O) groups excluding carboxylic acids is 2. The number of hydrogen-bond acceptors (Lipinski definition) is 6. The molecule has 1 unspecified atom stereocenters. The minimum absolute atomic E-state index is 0.0208. The van der Waals surface area contributed by atoms with Gasteiger partial charge >= 0.3 is 5.97 Å². The third-order valence-corrected chi connectivity index (χ3v) is 8.36. The number of amides is 1. The number of ether oxygens (including phenoxy) is 1. The molecule has 2 heterocycles. The van der Waals surface area contributed by atoms with Crippen LogP contribution < -0.4 is 5.32 Å². The highest BCUT2D eigenvalue weighted by atomic mass is 32.2.